The van der Waals surface area contributed by atoms with Gasteiger partial charge in [0, 0.05) is 50.4 Å². The van der Waals surface area contributed by atoms with E-state index < -0.39 is 0 Å². The molecule has 31 heavy (non-hydrogen) atoms. The zero-order valence-electron chi connectivity index (χ0n) is 18.3. The van der Waals surface area contributed by atoms with Gasteiger partial charge in [0.05, 0.1) is 5.69 Å². The fourth-order valence-electron chi connectivity index (χ4n) is 4.01. The Morgan fingerprint density at radius 2 is 1.94 bits per heavy atom. The molecule has 2 aromatic heterocycles. The van der Waals surface area contributed by atoms with Gasteiger partial charge < -0.3 is 10.2 Å². The molecule has 4 rings (SSSR count). The van der Waals surface area contributed by atoms with Crippen molar-refractivity contribution in [1.82, 2.24) is 24.8 Å². The molecular weight excluding hydrogens is 391 g/mol. The standard InChI is InChI=1S/C24H29FN6/c1-17(14-30(2)3)27-23-20-16-31(15-18-7-9-19(25)10-8-18)13-11-21(20)28-24(29-23)22-6-4-5-12-26-22/h4-10,12,17H,11,13-16H2,1-3H3,(H,27,28,29). The first-order chi connectivity index (χ1) is 15.0. The summed E-state index contributed by atoms with van der Waals surface area (Å²) >= 11 is 0. The number of anilines is 1. The molecule has 0 spiro atoms. The van der Waals surface area contributed by atoms with Crippen LogP contribution in [0, 0.1) is 5.82 Å². The van der Waals surface area contributed by atoms with Gasteiger partial charge in [-0.3, -0.25) is 9.88 Å². The van der Waals surface area contributed by atoms with Crippen molar-refractivity contribution in [2.75, 3.05) is 32.5 Å². The van der Waals surface area contributed by atoms with Gasteiger partial charge in [-0.25, -0.2) is 14.4 Å². The normalized spacial score (nSPS) is 15.0. The monoisotopic (exact) mass is 420 g/mol. The third-order valence-electron chi connectivity index (χ3n) is 5.37. The number of nitrogens with one attached hydrogen (secondary N) is 1. The Kier molecular flexibility index (Phi) is 6.53. The molecule has 7 heteroatoms. The molecular formula is C24H29FN6. The van der Waals surface area contributed by atoms with Crippen LogP contribution in [0.25, 0.3) is 11.5 Å². The summed E-state index contributed by atoms with van der Waals surface area (Å²) < 4.78 is 13.3. The number of hydrogen-bond acceptors (Lipinski definition) is 6. The average molecular weight is 421 g/mol. The Balaban J connectivity index is 1.62. The minimum atomic E-state index is -0.204. The number of pyridine rings is 1. The van der Waals surface area contributed by atoms with Gasteiger partial charge in [-0.15, -0.1) is 0 Å². The van der Waals surface area contributed by atoms with Crippen molar-refractivity contribution in [3.63, 3.8) is 0 Å². The van der Waals surface area contributed by atoms with Crippen molar-refractivity contribution in [3.8, 4) is 11.5 Å². The van der Waals surface area contributed by atoms with Crippen molar-refractivity contribution in [2.24, 2.45) is 0 Å². The molecule has 1 atom stereocenters. The summed E-state index contributed by atoms with van der Waals surface area (Å²) in [4.78, 5) is 18.7. The van der Waals surface area contributed by atoms with Crippen LogP contribution >= 0.6 is 0 Å². The predicted octanol–water partition coefficient (Wildman–Crippen LogP) is 3.60. The Labute approximate surface area is 183 Å². The summed E-state index contributed by atoms with van der Waals surface area (Å²) in [6, 6.07) is 12.8. The first kappa shape index (κ1) is 21.3. The van der Waals surface area contributed by atoms with Crippen molar-refractivity contribution in [1.29, 1.82) is 0 Å². The summed E-state index contributed by atoms with van der Waals surface area (Å²) in [6.45, 7) is 5.49. The Morgan fingerprint density at radius 3 is 2.65 bits per heavy atom. The van der Waals surface area contributed by atoms with Crippen LogP contribution < -0.4 is 5.32 Å². The van der Waals surface area contributed by atoms with E-state index in [4.69, 9.17) is 9.97 Å². The second-order valence-corrected chi connectivity index (χ2v) is 8.43. The van der Waals surface area contributed by atoms with E-state index in [-0.39, 0.29) is 11.9 Å². The molecule has 1 unspecified atom stereocenters. The molecule has 3 aromatic rings. The first-order valence-electron chi connectivity index (χ1n) is 10.7. The highest BCUT2D eigenvalue weighted by Gasteiger charge is 2.24. The van der Waals surface area contributed by atoms with E-state index in [0.717, 1.165) is 60.9 Å². The summed E-state index contributed by atoms with van der Waals surface area (Å²) in [6.07, 6.45) is 2.61. The van der Waals surface area contributed by atoms with E-state index in [2.05, 4.69) is 41.1 Å². The SMILES string of the molecule is CC(CN(C)C)Nc1nc(-c2ccccn2)nc2c1CN(Cc1ccc(F)cc1)CC2. The molecule has 0 saturated carbocycles. The number of fused-ring (bicyclic) bond motifs is 1. The molecule has 1 aromatic carbocycles. The van der Waals surface area contributed by atoms with Crippen molar-refractivity contribution < 1.29 is 4.39 Å². The fourth-order valence-corrected chi connectivity index (χ4v) is 4.01. The van der Waals surface area contributed by atoms with Crippen LogP contribution in [0.5, 0.6) is 0 Å². The van der Waals surface area contributed by atoms with E-state index in [1.54, 1.807) is 6.20 Å². The summed E-state index contributed by atoms with van der Waals surface area (Å²) in [7, 11) is 4.13. The Hall–Kier alpha value is -2.90. The maximum absolute atomic E-state index is 13.3. The lowest BCUT2D eigenvalue weighted by atomic mass is 10.0. The van der Waals surface area contributed by atoms with Gasteiger partial charge in [0.2, 0.25) is 0 Å². The molecule has 0 amide bonds. The summed E-state index contributed by atoms with van der Waals surface area (Å²) in [5, 5.41) is 3.61. The average Bonchev–Trinajstić information content (AvgIpc) is 2.75. The van der Waals surface area contributed by atoms with Gasteiger partial charge >= 0.3 is 0 Å². The molecule has 0 saturated heterocycles. The number of nitrogens with zero attached hydrogens (tertiary/aromatic N) is 5. The lowest BCUT2D eigenvalue weighted by Crippen LogP contribution is -2.34. The highest BCUT2D eigenvalue weighted by Crippen LogP contribution is 2.28. The summed E-state index contributed by atoms with van der Waals surface area (Å²) in [5.74, 6) is 1.33. The van der Waals surface area contributed by atoms with Crippen LogP contribution in [-0.4, -0.2) is 58.0 Å². The zero-order chi connectivity index (χ0) is 21.8. The number of benzene rings is 1. The number of halogens is 1. The number of likely N-dealkylation sites (N-methyl/N-ethyl adjacent to an activating group) is 1. The largest absolute Gasteiger partial charge is 0.366 e. The highest BCUT2D eigenvalue weighted by atomic mass is 19.1. The van der Waals surface area contributed by atoms with Crippen LogP contribution in [0.4, 0.5) is 10.2 Å². The third kappa shape index (κ3) is 5.42. The van der Waals surface area contributed by atoms with Crippen LogP contribution in [0.15, 0.2) is 48.7 Å². The highest BCUT2D eigenvalue weighted by molar-refractivity contribution is 5.57. The van der Waals surface area contributed by atoms with Gasteiger partial charge in [0.15, 0.2) is 5.82 Å². The number of aromatic nitrogens is 3. The van der Waals surface area contributed by atoms with Gasteiger partial charge in [-0.2, -0.15) is 0 Å². The van der Waals surface area contributed by atoms with Crippen molar-refractivity contribution in [3.05, 3.63) is 71.3 Å². The Bertz CT molecular complexity index is 1010. The van der Waals surface area contributed by atoms with Gasteiger partial charge in [0.1, 0.15) is 17.3 Å². The zero-order valence-corrected chi connectivity index (χ0v) is 18.3. The second-order valence-electron chi connectivity index (χ2n) is 8.43. The minimum absolute atomic E-state index is 0.204. The van der Waals surface area contributed by atoms with Crippen molar-refractivity contribution >= 4 is 5.82 Å². The predicted molar refractivity (Wildman–Crippen MR) is 121 cm³/mol. The maximum Gasteiger partial charge on any atom is 0.180 e. The van der Waals surface area contributed by atoms with Crippen LogP contribution in [0.1, 0.15) is 23.7 Å². The molecule has 1 aliphatic heterocycles. The van der Waals surface area contributed by atoms with E-state index >= 15 is 0 Å². The maximum atomic E-state index is 13.3. The van der Waals surface area contributed by atoms with Crippen LogP contribution in [0.2, 0.25) is 0 Å². The molecule has 0 aliphatic carbocycles. The van der Waals surface area contributed by atoms with Gasteiger partial charge in [0.25, 0.3) is 0 Å². The van der Waals surface area contributed by atoms with Crippen molar-refractivity contribution in [2.45, 2.75) is 32.5 Å². The van der Waals surface area contributed by atoms with Gasteiger partial charge in [-0.1, -0.05) is 18.2 Å². The number of rotatable bonds is 7. The van der Waals surface area contributed by atoms with Gasteiger partial charge in [-0.05, 0) is 50.8 Å². The first-order valence-corrected chi connectivity index (χ1v) is 10.7. The molecule has 0 bridgehead atoms. The molecule has 6 nitrogen and oxygen atoms in total. The smallest absolute Gasteiger partial charge is 0.180 e. The summed E-state index contributed by atoms with van der Waals surface area (Å²) in [5.41, 5.74) is 4.10. The molecule has 1 aliphatic rings. The van der Waals surface area contributed by atoms with E-state index in [0.29, 0.717) is 5.82 Å². The van der Waals surface area contributed by atoms with Crippen LogP contribution in [-0.2, 0) is 19.5 Å². The lowest BCUT2D eigenvalue weighted by Gasteiger charge is -2.30. The fraction of sp³-hybridized carbons (Fsp3) is 0.375. The van der Waals surface area contributed by atoms with E-state index in [1.807, 2.05) is 30.3 Å². The lowest BCUT2D eigenvalue weighted by molar-refractivity contribution is 0.243. The number of hydrogen-bond donors (Lipinski definition) is 1. The molecule has 0 fully saturated rings. The molecule has 0 radical (unpaired) electrons. The molecule has 3 heterocycles. The van der Waals surface area contributed by atoms with Crippen LogP contribution in [0.3, 0.4) is 0 Å². The molecule has 162 valence electrons. The topological polar surface area (TPSA) is 57.2 Å². The van der Waals surface area contributed by atoms with E-state index in [9.17, 15) is 4.39 Å². The van der Waals surface area contributed by atoms with E-state index in [1.165, 1.54) is 12.1 Å². The Morgan fingerprint density at radius 1 is 1.13 bits per heavy atom. The molecule has 1 N–H and O–H groups in total. The third-order valence-corrected chi connectivity index (χ3v) is 5.37. The minimum Gasteiger partial charge on any atom is -0.366 e. The second kappa shape index (κ2) is 9.49. The quantitative estimate of drug-likeness (QED) is 0.630.